The molecule has 2 unspecified atom stereocenters. The van der Waals surface area contributed by atoms with E-state index in [0.717, 1.165) is 19.0 Å². The number of rotatable bonds is 4. The molecule has 0 aromatic rings. The Morgan fingerprint density at radius 3 is 2.69 bits per heavy atom. The number of primary amides is 1. The van der Waals surface area contributed by atoms with E-state index in [1.807, 2.05) is 0 Å². The van der Waals surface area contributed by atoms with Crippen molar-refractivity contribution >= 4 is 5.91 Å². The van der Waals surface area contributed by atoms with Crippen molar-refractivity contribution < 1.29 is 4.79 Å². The predicted molar refractivity (Wildman–Crippen MR) is 65.9 cm³/mol. The maximum atomic E-state index is 11.2. The average molecular weight is 227 g/mol. The van der Waals surface area contributed by atoms with E-state index in [9.17, 15) is 4.79 Å². The van der Waals surface area contributed by atoms with Gasteiger partial charge in [0.2, 0.25) is 5.91 Å². The van der Waals surface area contributed by atoms with Gasteiger partial charge >= 0.3 is 0 Å². The number of hydrogen-bond acceptors (Lipinski definition) is 3. The van der Waals surface area contributed by atoms with Gasteiger partial charge in [0.25, 0.3) is 0 Å². The lowest BCUT2D eigenvalue weighted by Gasteiger charge is -2.29. The van der Waals surface area contributed by atoms with Crippen LogP contribution < -0.4 is 11.5 Å². The van der Waals surface area contributed by atoms with Gasteiger partial charge in [0.05, 0.1) is 0 Å². The quantitative estimate of drug-likeness (QED) is 0.742. The Hall–Kier alpha value is -0.610. The van der Waals surface area contributed by atoms with Crippen molar-refractivity contribution in [2.45, 2.75) is 45.1 Å². The molecule has 1 fully saturated rings. The van der Waals surface area contributed by atoms with Crippen LogP contribution in [-0.4, -0.2) is 36.0 Å². The summed E-state index contributed by atoms with van der Waals surface area (Å²) in [6, 6.07) is 0. The number of hydrogen-bond donors (Lipinski definition) is 2. The van der Waals surface area contributed by atoms with Gasteiger partial charge < -0.3 is 16.4 Å². The maximum Gasteiger partial charge on any atom is 0.238 e. The lowest BCUT2D eigenvalue weighted by Crippen LogP contribution is -2.56. The first-order valence-electron chi connectivity index (χ1n) is 6.27. The normalized spacial score (nSPS) is 27.1. The summed E-state index contributed by atoms with van der Waals surface area (Å²) in [5.74, 6) is 0.423. The first-order chi connectivity index (χ1) is 7.45. The minimum absolute atomic E-state index is 0.413. The fraction of sp³-hybridized carbons (Fsp3) is 0.917. The second kappa shape index (κ2) is 5.64. The molecule has 94 valence electrons. The van der Waals surface area contributed by atoms with E-state index in [1.54, 1.807) is 6.92 Å². The summed E-state index contributed by atoms with van der Waals surface area (Å²) in [7, 11) is 0. The maximum absolute atomic E-state index is 11.2. The Kier molecular flexibility index (Phi) is 4.74. The van der Waals surface area contributed by atoms with E-state index in [4.69, 9.17) is 11.5 Å². The lowest BCUT2D eigenvalue weighted by molar-refractivity contribution is -0.123. The Morgan fingerprint density at radius 1 is 1.44 bits per heavy atom. The van der Waals surface area contributed by atoms with Crippen LogP contribution in [-0.2, 0) is 4.79 Å². The SMILES string of the molecule is CCC1CCCN(CC(C)(N)C(N)=O)CC1. The van der Waals surface area contributed by atoms with Crippen molar-refractivity contribution in [3.63, 3.8) is 0 Å². The fourth-order valence-electron chi connectivity index (χ4n) is 2.33. The van der Waals surface area contributed by atoms with Crippen LogP contribution in [0.25, 0.3) is 0 Å². The van der Waals surface area contributed by atoms with Crippen LogP contribution in [0.5, 0.6) is 0 Å². The molecule has 4 heteroatoms. The average Bonchev–Trinajstić information content (AvgIpc) is 2.42. The summed E-state index contributed by atoms with van der Waals surface area (Å²) in [5.41, 5.74) is 10.3. The van der Waals surface area contributed by atoms with E-state index >= 15 is 0 Å². The summed E-state index contributed by atoms with van der Waals surface area (Å²) in [5, 5.41) is 0. The molecule has 2 atom stereocenters. The summed E-state index contributed by atoms with van der Waals surface area (Å²) in [6.07, 6.45) is 4.97. The third-order valence-electron chi connectivity index (χ3n) is 3.63. The number of nitrogens with two attached hydrogens (primary N) is 2. The molecule has 1 heterocycles. The van der Waals surface area contributed by atoms with Crippen molar-refractivity contribution in [1.29, 1.82) is 0 Å². The van der Waals surface area contributed by atoms with Crippen LogP contribution >= 0.6 is 0 Å². The number of carbonyl (C=O) groups excluding carboxylic acids is 1. The van der Waals surface area contributed by atoms with Gasteiger partial charge in [-0.2, -0.15) is 0 Å². The molecule has 4 nitrogen and oxygen atoms in total. The third kappa shape index (κ3) is 3.76. The molecule has 0 aliphatic carbocycles. The molecule has 1 amide bonds. The molecule has 0 spiro atoms. The van der Waals surface area contributed by atoms with Gasteiger partial charge in [0.15, 0.2) is 0 Å². The standard InChI is InChI=1S/C12H25N3O/c1-3-10-5-4-7-15(8-6-10)9-12(2,14)11(13)16/h10H,3-9,14H2,1-2H3,(H2,13,16). The van der Waals surface area contributed by atoms with Gasteiger partial charge in [-0.25, -0.2) is 0 Å². The molecule has 0 bridgehead atoms. The van der Waals surface area contributed by atoms with Crippen LogP contribution in [0.4, 0.5) is 0 Å². The number of nitrogens with zero attached hydrogens (tertiary/aromatic N) is 1. The van der Waals surface area contributed by atoms with Crippen LogP contribution in [0.15, 0.2) is 0 Å². The minimum atomic E-state index is -0.897. The monoisotopic (exact) mass is 227 g/mol. The summed E-state index contributed by atoms with van der Waals surface area (Å²) >= 11 is 0. The second-order valence-electron chi connectivity index (χ2n) is 5.26. The number of amides is 1. The van der Waals surface area contributed by atoms with Crippen molar-refractivity contribution in [1.82, 2.24) is 4.90 Å². The molecule has 0 radical (unpaired) electrons. The van der Waals surface area contributed by atoms with E-state index in [0.29, 0.717) is 6.54 Å². The van der Waals surface area contributed by atoms with Crippen molar-refractivity contribution in [3.8, 4) is 0 Å². The van der Waals surface area contributed by atoms with Crippen LogP contribution in [0, 0.1) is 5.92 Å². The molecule has 1 rings (SSSR count). The Labute approximate surface area is 98.3 Å². The van der Waals surface area contributed by atoms with Crippen molar-refractivity contribution in [2.24, 2.45) is 17.4 Å². The van der Waals surface area contributed by atoms with Crippen molar-refractivity contribution in [2.75, 3.05) is 19.6 Å². The van der Waals surface area contributed by atoms with Gasteiger partial charge in [-0.15, -0.1) is 0 Å². The first-order valence-corrected chi connectivity index (χ1v) is 6.27. The second-order valence-corrected chi connectivity index (χ2v) is 5.26. The largest absolute Gasteiger partial charge is 0.368 e. The van der Waals surface area contributed by atoms with E-state index in [1.165, 1.54) is 25.7 Å². The van der Waals surface area contributed by atoms with Gasteiger partial charge in [-0.05, 0) is 45.2 Å². The summed E-state index contributed by atoms with van der Waals surface area (Å²) in [6.45, 7) is 6.63. The molecular formula is C12H25N3O. The molecular weight excluding hydrogens is 202 g/mol. The van der Waals surface area contributed by atoms with Gasteiger partial charge in [0, 0.05) is 6.54 Å². The smallest absolute Gasteiger partial charge is 0.238 e. The summed E-state index contributed by atoms with van der Waals surface area (Å²) in [4.78, 5) is 13.4. The molecule has 16 heavy (non-hydrogen) atoms. The zero-order valence-electron chi connectivity index (χ0n) is 10.5. The zero-order chi connectivity index (χ0) is 12.2. The van der Waals surface area contributed by atoms with Crippen molar-refractivity contribution in [3.05, 3.63) is 0 Å². The highest BCUT2D eigenvalue weighted by Gasteiger charge is 2.29. The zero-order valence-corrected chi connectivity index (χ0v) is 10.5. The Morgan fingerprint density at radius 2 is 2.12 bits per heavy atom. The molecule has 1 aliphatic heterocycles. The van der Waals surface area contributed by atoms with E-state index in [2.05, 4.69) is 11.8 Å². The van der Waals surface area contributed by atoms with E-state index in [-0.39, 0.29) is 0 Å². The molecule has 0 aromatic carbocycles. The predicted octanol–water partition coefficient (Wildman–Crippen LogP) is 0.701. The topological polar surface area (TPSA) is 72.3 Å². The van der Waals surface area contributed by atoms with Gasteiger partial charge in [-0.3, -0.25) is 4.79 Å². The van der Waals surface area contributed by atoms with Crippen LogP contribution in [0.1, 0.15) is 39.5 Å². The highest BCUT2D eigenvalue weighted by atomic mass is 16.1. The van der Waals surface area contributed by atoms with Gasteiger partial charge in [0.1, 0.15) is 5.54 Å². The first kappa shape index (κ1) is 13.5. The minimum Gasteiger partial charge on any atom is -0.368 e. The number of carbonyl (C=O) groups is 1. The fourth-order valence-corrected chi connectivity index (χ4v) is 2.33. The highest BCUT2D eigenvalue weighted by molar-refractivity contribution is 5.84. The summed E-state index contributed by atoms with van der Waals surface area (Å²) < 4.78 is 0. The van der Waals surface area contributed by atoms with E-state index < -0.39 is 11.4 Å². The highest BCUT2D eigenvalue weighted by Crippen LogP contribution is 2.20. The molecule has 0 aromatic heterocycles. The molecule has 0 saturated carbocycles. The molecule has 4 N–H and O–H groups in total. The van der Waals surface area contributed by atoms with Gasteiger partial charge in [-0.1, -0.05) is 13.3 Å². The van der Waals surface area contributed by atoms with Crippen LogP contribution in [0.2, 0.25) is 0 Å². The molecule has 1 saturated heterocycles. The van der Waals surface area contributed by atoms with Crippen LogP contribution in [0.3, 0.4) is 0 Å². The molecule has 1 aliphatic rings. The Balaban J connectivity index is 2.46. The lowest BCUT2D eigenvalue weighted by atomic mass is 9.98. The Bertz CT molecular complexity index is 240. The number of likely N-dealkylation sites (tertiary alicyclic amines) is 1. The third-order valence-corrected chi connectivity index (χ3v) is 3.63.